The predicted octanol–water partition coefficient (Wildman–Crippen LogP) is 3.72. The molecule has 2 N–H and O–H groups in total. The number of hydrogen-bond donors (Lipinski definition) is 1. The van der Waals surface area contributed by atoms with Gasteiger partial charge in [0.25, 0.3) is 5.91 Å². The van der Waals surface area contributed by atoms with E-state index in [0.717, 1.165) is 23.5 Å². The van der Waals surface area contributed by atoms with Crippen LogP contribution in [0.1, 0.15) is 30.2 Å². The molecule has 11 heteroatoms. The highest BCUT2D eigenvalue weighted by molar-refractivity contribution is 7.11. The normalized spacial score (nSPS) is 14.3. The van der Waals surface area contributed by atoms with Crippen LogP contribution in [0.5, 0.6) is 0 Å². The molecule has 1 aromatic heterocycles. The maximum absolute atomic E-state index is 14.2. The number of rotatable bonds is 6. The molecule has 0 saturated heterocycles. The topological polar surface area (TPSA) is 116 Å². The van der Waals surface area contributed by atoms with Gasteiger partial charge >= 0.3 is 18.0 Å². The maximum Gasteiger partial charge on any atom is 0.326 e. The third-order valence-corrected chi connectivity index (χ3v) is 5.37. The van der Waals surface area contributed by atoms with Crippen molar-refractivity contribution in [3.8, 4) is 0 Å². The van der Waals surface area contributed by atoms with E-state index in [2.05, 4.69) is 0 Å². The van der Waals surface area contributed by atoms with E-state index >= 15 is 0 Å². The van der Waals surface area contributed by atoms with Crippen LogP contribution in [-0.2, 0) is 23.9 Å². The van der Waals surface area contributed by atoms with Gasteiger partial charge in [-0.2, -0.15) is 0 Å². The Labute approximate surface area is 185 Å². The van der Waals surface area contributed by atoms with Crippen molar-refractivity contribution in [2.45, 2.75) is 19.8 Å². The molecular formula is C20H16ClFN2O6S. The number of nitrogens with two attached hydrogens (primary N) is 1. The second-order valence-electron chi connectivity index (χ2n) is 6.22. The van der Waals surface area contributed by atoms with Crippen molar-refractivity contribution in [2.75, 3.05) is 11.5 Å². The Morgan fingerprint density at radius 3 is 2.55 bits per heavy atom. The van der Waals surface area contributed by atoms with E-state index in [4.69, 9.17) is 26.8 Å². The number of primary amides is 1. The van der Waals surface area contributed by atoms with Crippen molar-refractivity contribution in [1.29, 1.82) is 0 Å². The number of halogens is 2. The number of imide groups is 1. The number of anilines is 1. The van der Waals surface area contributed by atoms with Crippen LogP contribution in [0, 0.1) is 5.82 Å². The summed E-state index contributed by atoms with van der Waals surface area (Å²) in [5.41, 5.74) is 5.07. The van der Waals surface area contributed by atoms with Crippen LogP contribution in [0.4, 0.5) is 14.9 Å². The third-order valence-electron chi connectivity index (χ3n) is 4.21. The first-order valence-corrected chi connectivity index (χ1v) is 10.3. The van der Waals surface area contributed by atoms with Crippen molar-refractivity contribution < 1.29 is 33.0 Å². The quantitative estimate of drug-likeness (QED) is 0.394. The highest BCUT2D eigenvalue weighted by Crippen LogP contribution is 2.44. The zero-order valence-electron chi connectivity index (χ0n) is 16.1. The van der Waals surface area contributed by atoms with Crippen LogP contribution < -0.4 is 10.6 Å². The Hall–Kier alpha value is -3.24. The van der Waals surface area contributed by atoms with Gasteiger partial charge in [-0.1, -0.05) is 17.7 Å². The summed E-state index contributed by atoms with van der Waals surface area (Å²) >= 11 is 6.96. The molecule has 0 aliphatic carbocycles. The molecule has 1 aromatic carbocycles. The van der Waals surface area contributed by atoms with Crippen molar-refractivity contribution in [3.05, 3.63) is 50.9 Å². The minimum atomic E-state index is -1.11. The summed E-state index contributed by atoms with van der Waals surface area (Å²) in [6.45, 7) is 1.80. The van der Waals surface area contributed by atoms with E-state index < -0.39 is 29.7 Å². The van der Waals surface area contributed by atoms with Crippen LogP contribution in [0.15, 0.2) is 29.6 Å². The van der Waals surface area contributed by atoms with Crippen molar-refractivity contribution in [1.82, 2.24) is 0 Å². The summed E-state index contributed by atoms with van der Waals surface area (Å²) in [5, 5.41) is 1.36. The standard InChI is InChI=1S/C20H16ClFN2O6S/c1-2-29-15(25)5-6-16(26)30-18(14-4-3-7-31-14)17-10-8-12(22)11(21)9-13(10)24(19(17)27)20(23)28/h3-4,7-9H,2,5-6H2,1H3,(H2,23,28)/b18-17+. The number of hydrogen-bond acceptors (Lipinski definition) is 7. The van der Waals surface area contributed by atoms with E-state index in [1.165, 1.54) is 0 Å². The summed E-state index contributed by atoms with van der Waals surface area (Å²) < 4.78 is 24.4. The molecule has 0 spiro atoms. The van der Waals surface area contributed by atoms with Crippen LogP contribution in [-0.4, -0.2) is 30.5 Å². The fourth-order valence-corrected chi connectivity index (χ4v) is 3.80. The number of fused-ring (bicyclic) bond motifs is 1. The summed E-state index contributed by atoms with van der Waals surface area (Å²) in [4.78, 5) is 49.8. The second-order valence-corrected chi connectivity index (χ2v) is 7.58. The molecule has 0 bridgehead atoms. The summed E-state index contributed by atoms with van der Waals surface area (Å²) in [5.74, 6) is -3.31. The molecular weight excluding hydrogens is 451 g/mol. The van der Waals surface area contributed by atoms with E-state index in [1.54, 1.807) is 24.4 Å². The zero-order chi connectivity index (χ0) is 22.7. The van der Waals surface area contributed by atoms with Gasteiger partial charge in [-0.15, -0.1) is 11.3 Å². The van der Waals surface area contributed by atoms with Gasteiger partial charge in [0.05, 0.1) is 40.6 Å². The van der Waals surface area contributed by atoms with Crippen molar-refractivity contribution in [2.24, 2.45) is 5.73 Å². The van der Waals surface area contributed by atoms with Crippen molar-refractivity contribution in [3.63, 3.8) is 0 Å². The summed E-state index contributed by atoms with van der Waals surface area (Å²) in [6, 6.07) is 4.19. The first-order chi connectivity index (χ1) is 14.7. The lowest BCUT2D eigenvalue weighted by molar-refractivity contribution is -0.147. The maximum atomic E-state index is 14.2. The highest BCUT2D eigenvalue weighted by atomic mass is 35.5. The number of carbonyl (C=O) groups is 4. The Morgan fingerprint density at radius 2 is 1.94 bits per heavy atom. The number of nitrogens with zero attached hydrogens (tertiary/aromatic N) is 1. The van der Waals surface area contributed by atoms with Gasteiger partial charge in [0.1, 0.15) is 5.82 Å². The van der Waals surface area contributed by atoms with Crippen molar-refractivity contribution >= 4 is 63.8 Å². The van der Waals surface area contributed by atoms with Gasteiger partial charge < -0.3 is 15.2 Å². The molecule has 2 heterocycles. The van der Waals surface area contributed by atoms with Gasteiger partial charge in [-0.3, -0.25) is 14.4 Å². The zero-order valence-corrected chi connectivity index (χ0v) is 17.7. The molecule has 0 fully saturated rings. The Bertz CT molecular complexity index is 1100. The summed E-state index contributed by atoms with van der Waals surface area (Å²) in [7, 11) is 0. The molecule has 8 nitrogen and oxygen atoms in total. The SMILES string of the molecule is CCOC(=O)CCC(=O)O/C(=C1/C(=O)N(C(N)=O)c2cc(Cl)c(F)cc21)c1cccs1. The predicted molar refractivity (Wildman–Crippen MR) is 112 cm³/mol. The molecule has 3 rings (SSSR count). The molecule has 0 saturated carbocycles. The number of ether oxygens (including phenoxy) is 2. The number of carbonyl (C=O) groups excluding carboxylic acids is 4. The lowest BCUT2D eigenvalue weighted by atomic mass is 10.0. The summed E-state index contributed by atoms with van der Waals surface area (Å²) in [6.07, 6.45) is -0.529. The van der Waals surface area contributed by atoms with E-state index in [0.29, 0.717) is 9.78 Å². The fraction of sp³-hybridized carbons (Fsp3) is 0.200. The molecule has 162 valence electrons. The van der Waals surface area contributed by atoms with Gasteiger partial charge in [0.15, 0.2) is 5.76 Å². The van der Waals surface area contributed by atoms with E-state index in [-0.39, 0.29) is 47.1 Å². The van der Waals surface area contributed by atoms with Gasteiger partial charge in [-0.25, -0.2) is 14.1 Å². The first kappa shape index (κ1) is 22.4. The average Bonchev–Trinajstić information content (AvgIpc) is 3.32. The number of amides is 3. The molecule has 31 heavy (non-hydrogen) atoms. The van der Waals surface area contributed by atoms with Crippen LogP contribution >= 0.6 is 22.9 Å². The fourth-order valence-electron chi connectivity index (χ4n) is 2.93. The monoisotopic (exact) mass is 466 g/mol. The largest absolute Gasteiger partial charge is 0.466 e. The average molecular weight is 467 g/mol. The Kier molecular flexibility index (Phi) is 6.71. The lowest BCUT2D eigenvalue weighted by Gasteiger charge is -2.12. The smallest absolute Gasteiger partial charge is 0.326 e. The molecule has 0 radical (unpaired) electrons. The molecule has 0 unspecified atom stereocenters. The minimum absolute atomic E-state index is 0.00714. The number of esters is 2. The lowest BCUT2D eigenvalue weighted by Crippen LogP contribution is -2.38. The Morgan fingerprint density at radius 1 is 1.23 bits per heavy atom. The molecule has 2 aromatic rings. The molecule has 1 aliphatic heterocycles. The van der Waals surface area contributed by atoms with Gasteiger partial charge in [0, 0.05) is 5.56 Å². The van der Waals surface area contributed by atoms with E-state index in [1.807, 2.05) is 0 Å². The highest BCUT2D eigenvalue weighted by Gasteiger charge is 2.40. The van der Waals surface area contributed by atoms with Crippen LogP contribution in [0.3, 0.4) is 0 Å². The minimum Gasteiger partial charge on any atom is -0.466 e. The van der Waals surface area contributed by atoms with Crippen LogP contribution in [0.2, 0.25) is 5.02 Å². The van der Waals surface area contributed by atoms with Gasteiger partial charge in [0.2, 0.25) is 0 Å². The number of benzene rings is 1. The molecule has 0 atom stereocenters. The first-order valence-electron chi connectivity index (χ1n) is 9.02. The molecule has 3 amide bonds. The second kappa shape index (κ2) is 9.27. The third kappa shape index (κ3) is 4.59. The molecule has 1 aliphatic rings. The number of urea groups is 1. The Balaban J connectivity index is 2.08. The van der Waals surface area contributed by atoms with Crippen LogP contribution in [0.25, 0.3) is 11.3 Å². The van der Waals surface area contributed by atoms with E-state index in [9.17, 15) is 23.6 Å². The van der Waals surface area contributed by atoms with Gasteiger partial charge in [-0.05, 0) is 30.5 Å². The number of thiophene rings is 1.